The van der Waals surface area contributed by atoms with E-state index < -0.39 is 21.4 Å². The number of para-hydroxylation sites is 1. The summed E-state index contributed by atoms with van der Waals surface area (Å²) in [6, 6.07) is 5.79. The van der Waals surface area contributed by atoms with Crippen molar-refractivity contribution in [3.8, 4) is 12.3 Å². The molecule has 20 heavy (non-hydrogen) atoms. The average Bonchev–Trinajstić information content (AvgIpc) is 3.19. The molecule has 0 saturated carbocycles. The van der Waals surface area contributed by atoms with Crippen molar-refractivity contribution in [1.82, 2.24) is 8.77 Å². The van der Waals surface area contributed by atoms with Crippen molar-refractivity contribution in [3.63, 3.8) is 0 Å². The lowest BCUT2D eigenvalue weighted by molar-refractivity contribution is -0.385. The summed E-state index contributed by atoms with van der Waals surface area (Å²) >= 11 is 0. The Labute approximate surface area is 115 Å². The van der Waals surface area contributed by atoms with Gasteiger partial charge in [-0.05, 0) is 10.5 Å². The summed E-state index contributed by atoms with van der Waals surface area (Å²) in [6.45, 7) is -0.119. The number of nitro benzene ring substituents is 1. The van der Waals surface area contributed by atoms with Crippen LogP contribution in [-0.2, 0) is 15.0 Å². The summed E-state index contributed by atoms with van der Waals surface area (Å²) in [4.78, 5) is 15.3. The minimum absolute atomic E-state index is 0.119. The third kappa shape index (κ3) is 2.50. The molecule has 0 aromatic heterocycles. The monoisotopic (exact) mass is 297 g/mol. The molecular formula is C11H11N3O5S. The SMILES string of the molecule is C#CCN(C)S(=O)(=O)N1OC1c1ccccc1[N+](=O)[O-]. The summed E-state index contributed by atoms with van der Waals surface area (Å²) < 4.78 is 25.6. The highest BCUT2D eigenvalue weighted by molar-refractivity contribution is 7.86. The van der Waals surface area contributed by atoms with Crippen LogP contribution in [0.25, 0.3) is 0 Å². The molecule has 2 unspecified atom stereocenters. The molecule has 0 bridgehead atoms. The van der Waals surface area contributed by atoms with Crippen molar-refractivity contribution in [1.29, 1.82) is 0 Å². The molecule has 9 heteroatoms. The van der Waals surface area contributed by atoms with Crippen molar-refractivity contribution in [2.24, 2.45) is 0 Å². The zero-order chi connectivity index (χ0) is 14.9. The highest BCUT2D eigenvalue weighted by atomic mass is 32.2. The Balaban J connectivity index is 2.25. The molecule has 2 atom stereocenters. The van der Waals surface area contributed by atoms with Gasteiger partial charge in [-0.3, -0.25) is 15.0 Å². The van der Waals surface area contributed by atoms with E-state index in [0.717, 1.165) is 4.31 Å². The van der Waals surface area contributed by atoms with E-state index >= 15 is 0 Å². The molecule has 1 saturated heterocycles. The van der Waals surface area contributed by atoms with Crippen molar-refractivity contribution >= 4 is 15.9 Å². The Morgan fingerprint density at radius 1 is 1.55 bits per heavy atom. The van der Waals surface area contributed by atoms with Gasteiger partial charge in [0.05, 0.1) is 17.0 Å². The van der Waals surface area contributed by atoms with Crippen LogP contribution >= 0.6 is 0 Å². The molecule has 0 N–H and O–H groups in total. The number of nitro groups is 1. The molecule has 1 fully saturated rings. The maximum Gasteiger partial charge on any atom is 0.307 e. The van der Waals surface area contributed by atoms with Gasteiger partial charge in [0, 0.05) is 13.1 Å². The first kappa shape index (κ1) is 14.4. The molecule has 0 radical (unpaired) electrons. The molecule has 0 spiro atoms. The Hall–Kier alpha value is -1.99. The minimum Gasteiger partial charge on any atom is -0.258 e. The maximum atomic E-state index is 12.0. The van der Waals surface area contributed by atoms with Crippen LogP contribution < -0.4 is 0 Å². The Bertz CT molecular complexity index is 682. The van der Waals surface area contributed by atoms with Gasteiger partial charge in [-0.15, -0.1) is 6.42 Å². The van der Waals surface area contributed by atoms with Crippen LogP contribution in [0.4, 0.5) is 5.69 Å². The standard InChI is InChI=1S/C11H11N3O5S/c1-3-8-12(2)20(17,18)14-11(19-14)9-6-4-5-7-10(9)13(15)16/h1,4-7,11H,8H2,2H3. The normalized spacial score (nSPS) is 21.4. The van der Waals surface area contributed by atoms with Crippen LogP contribution in [-0.4, -0.2) is 35.7 Å². The van der Waals surface area contributed by atoms with E-state index in [1.807, 2.05) is 0 Å². The predicted octanol–water partition coefficient (Wildman–Crippen LogP) is 0.650. The highest BCUT2D eigenvalue weighted by Gasteiger charge is 2.52. The molecule has 1 aliphatic heterocycles. The van der Waals surface area contributed by atoms with Crippen LogP contribution in [0.15, 0.2) is 24.3 Å². The van der Waals surface area contributed by atoms with Crippen LogP contribution in [0.1, 0.15) is 11.8 Å². The van der Waals surface area contributed by atoms with Gasteiger partial charge in [0.2, 0.25) is 6.23 Å². The Kier molecular flexibility index (Phi) is 3.74. The number of hydroxylamine groups is 1. The topological polar surface area (TPSA) is 96.1 Å². The first-order valence-electron chi connectivity index (χ1n) is 5.49. The quantitative estimate of drug-likeness (QED) is 0.344. The Morgan fingerprint density at radius 3 is 2.80 bits per heavy atom. The fourth-order valence-corrected chi connectivity index (χ4v) is 2.69. The number of terminal acetylenes is 1. The van der Waals surface area contributed by atoms with E-state index in [1.165, 1.54) is 25.2 Å². The molecule has 2 rings (SSSR count). The van der Waals surface area contributed by atoms with Gasteiger partial charge in [0.1, 0.15) is 0 Å². The van der Waals surface area contributed by atoms with Crippen molar-refractivity contribution < 1.29 is 18.2 Å². The molecule has 8 nitrogen and oxygen atoms in total. The van der Waals surface area contributed by atoms with Gasteiger partial charge < -0.3 is 0 Å². The summed E-state index contributed by atoms with van der Waals surface area (Å²) in [5, 5.41) is 10.9. The fourth-order valence-electron chi connectivity index (χ4n) is 1.63. The molecule has 1 aromatic rings. The van der Waals surface area contributed by atoms with Crippen molar-refractivity contribution in [3.05, 3.63) is 39.9 Å². The van der Waals surface area contributed by atoms with E-state index in [4.69, 9.17) is 11.3 Å². The molecule has 0 aliphatic carbocycles. The summed E-state index contributed by atoms with van der Waals surface area (Å²) in [5.74, 6) is 2.20. The number of hydrogen-bond donors (Lipinski definition) is 0. The summed E-state index contributed by atoms with van der Waals surface area (Å²) in [5.41, 5.74) is -0.0232. The van der Waals surface area contributed by atoms with Gasteiger partial charge >= 0.3 is 10.2 Å². The molecule has 0 amide bonds. The third-order valence-corrected chi connectivity index (χ3v) is 4.33. The van der Waals surface area contributed by atoms with Gasteiger partial charge in [0.25, 0.3) is 5.69 Å². The highest BCUT2D eigenvalue weighted by Crippen LogP contribution is 2.43. The number of hydrogen-bond acceptors (Lipinski definition) is 5. The van der Waals surface area contributed by atoms with Crippen LogP contribution in [0, 0.1) is 22.5 Å². The van der Waals surface area contributed by atoms with Gasteiger partial charge in [-0.1, -0.05) is 18.1 Å². The number of nitrogens with zero attached hydrogens (tertiary/aromatic N) is 3. The molecule has 1 aromatic carbocycles. The van der Waals surface area contributed by atoms with Crippen molar-refractivity contribution in [2.45, 2.75) is 6.23 Å². The second-order valence-corrected chi connectivity index (χ2v) is 5.88. The maximum absolute atomic E-state index is 12.0. The molecule has 1 heterocycles. The lowest BCUT2D eigenvalue weighted by Gasteiger charge is -2.12. The lowest BCUT2D eigenvalue weighted by atomic mass is 10.2. The van der Waals surface area contributed by atoms with E-state index in [9.17, 15) is 18.5 Å². The van der Waals surface area contributed by atoms with Crippen molar-refractivity contribution in [2.75, 3.05) is 13.6 Å². The third-order valence-electron chi connectivity index (χ3n) is 2.68. The van der Waals surface area contributed by atoms with Crippen LogP contribution in [0.5, 0.6) is 0 Å². The van der Waals surface area contributed by atoms with E-state index in [0.29, 0.717) is 4.47 Å². The smallest absolute Gasteiger partial charge is 0.258 e. The van der Waals surface area contributed by atoms with E-state index in [1.54, 1.807) is 6.07 Å². The van der Waals surface area contributed by atoms with E-state index in [2.05, 4.69) is 5.92 Å². The minimum atomic E-state index is -3.89. The number of rotatable bonds is 5. The van der Waals surface area contributed by atoms with E-state index in [-0.39, 0.29) is 17.8 Å². The first-order valence-corrected chi connectivity index (χ1v) is 6.88. The van der Waals surface area contributed by atoms with Gasteiger partial charge in [-0.25, -0.2) is 0 Å². The summed E-state index contributed by atoms with van der Waals surface area (Å²) in [7, 11) is -2.59. The van der Waals surface area contributed by atoms with Gasteiger partial charge in [-0.2, -0.15) is 12.7 Å². The zero-order valence-electron chi connectivity index (χ0n) is 10.5. The van der Waals surface area contributed by atoms with Gasteiger partial charge in [0.15, 0.2) is 0 Å². The lowest BCUT2D eigenvalue weighted by Crippen LogP contribution is -2.32. The fraction of sp³-hybridized carbons (Fsp3) is 0.273. The van der Waals surface area contributed by atoms with Crippen LogP contribution in [0.2, 0.25) is 0 Å². The first-order chi connectivity index (χ1) is 9.39. The second-order valence-electron chi connectivity index (χ2n) is 4.00. The zero-order valence-corrected chi connectivity index (χ0v) is 11.3. The van der Waals surface area contributed by atoms with Crippen LogP contribution in [0.3, 0.4) is 0 Å². The Morgan fingerprint density at radius 2 is 2.20 bits per heavy atom. The average molecular weight is 297 g/mol. The molecular weight excluding hydrogens is 286 g/mol. The summed E-state index contributed by atoms with van der Waals surface area (Å²) in [6.07, 6.45) is 4.05. The number of benzene rings is 1. The largest absolute Gasteiger partial charge is 0.307 e. The second kappa shape index (κ2) is 5.18. The predicted molar refractivity (Wildman–Crippen MR) is 69.1 cm³/mol. The molecule has 106 valence electrons. The molecule has 1 aliphatic rings.